The van der Waals surface area contributed by atoms with Crippen molar-refractivity contribution in [2.75, 3.05) is 50.5 Å². The molecule has 1 aromatic carbocycles. The van der Waals surface area contributed by atoms with Gasteiger partial charge in [0.25, 0.3) is 5.91 Å². The topological polar surface area (TPSA) is 94.7 Å². The molecule has 142 valence electrons. The molecule has 0 radical (unpaired) electrons. The number of urea groups is 1. The predicted octanol–water partition coefficient (Wildman–Crippen LogP) is 0.829. The second kappa shape index (κ2) is 8.98. The molecule has 0 unspecified atom stereocenters. The lowest BCUT2D eigenvalue weighted by Crippen LogP contribution is -2.45. The Morgan fingerprint density at radius 1 is 1.12 bits per heavy atom. The number of morpholine rings is 1. The number of amides is 3. The Hall–Kier alpha value is -2.16. The van der Waals surface area contributed by atoms with Gasteiger partial charge in [-0.2, -0.15) is 0 Å². The van der Waals surface area contributed by atoms with Crippen LogP contribution in [0.2, 0.25) is 0 Å². The molecule has 2 aliphatic rings. The number of carbonyl (C=O) groups excluding carboxylic acids is 2. The zero-order valence-electron chi connectivity index (χ0n) is 15.1. The molecule has 2 saturated heterocycles. The highest BCUT2D eigenvalue weighted by Gasteiger charge is 2.22. The Morgan fingerprint density at radius 3 is 2.38 bits per heavy atom. The van der Waals surface area contributed by atoms with Gasteiger partial charge in [-0.3, -0.25) is 4.79 Å². The maximum atomic E-state index is 12.1. The van der Waals surface area contributed by atoms with Crippen molar-refractivity contribution >= 4 is 23.3 Å². The van der Waals surface area contributed by atoms with Crippen molar-refractivity contribution in [2.45, 2.75) is 25.0 Å². The number of carbonyl (C=O) groups is 2. The number of benzene rings is 1. The lowest BCUT2D eigenvalue weighted by molar-refractivity contribution is -0.128. The van der Waals surface area contributed by atoms with Crippen LogP contribution in [-0.4, -0.2) is 68.8 Å². The molecular formula is C18H27N5O3. The van der Waals surface area contributed by atoms with Crippen LogP contribution in [0.25, 0.3) is 0 Å². The van der Waals surface area contributed by atoms with Crippen LogP contribution in [0, 0.1) is 0 Å². The molecule has 4 N–H and O–H groups in total. The van der Waals surface area contributed by atoms with Crippen LogP contribution in [0.15, 0.2) is 24.3 Å². The number of nitrogens with zero attached hydrogens (tertiary/aromatic N) is 1. The molecule has 26 heavy (non-hydrogen) atoms. The van der Waals surface area contributed by atoms with Gasteiger partial charge in [-0.1, -0.05) is 0 Å². The van der Waals surface area contributed by atoms with E-state index in [0.29, 0.717) is 24.5 Å². The number of anilines is 2. The molecule has 3 rings (SSSR count). The lowest BCUT2D eigenvalue weighted by atomic mass is 10.1. The van der Waals surface area contributed by atoms with Gasteiger partial charge in [0, 0.05) is 30.5 Å². The van der Waals surface area contributed by atoms with Crippen molar-refractivity contribution in [1.82, 2.24) is 15.5 Å². The number of hydrogen-bond acceptors (Lipinski definition) is 5. The van der Waals surface area contributed by atoms with E-state index in [1.165, 1.54) is 0 Å². The number of likely N-dealkylation sites (tertiary alicyclic amines) is 1. The quantitative estimate of drug-likeness (QED) is 0.637. The first-order chi connectivity index (χ1) is 12.6. The molecule has 2 aliphatic heterocycles. The number of ether oxygens (including phenoxy) is 1. The molecule has 0 bridgehead atoms. The summed E-state index contributed by atoms with van der Waals surface area (Å²) in [7, 11) is 2.09. The van der Waals surface area contributed by atoms with Crippen molar-refractivity contribution in [2.24, 2.45) is 0 Å². The zero-order chi connectivity index (χ0) is 18.4. The van der Waals surface area contributed by atoms with Crippen molar-refractivity contribution in [3.63, 3.8) is 0 Å². The number of nitrogens with one attached hydrogen (secondary N) is 4. The van der Waals surface area contributed by atoms with E-state index < -0.39 is 6.10 Å². The van der Waals surface area contributed by atoms with Crippen LogP contribution < -0.4 is 21.3 Å². The molecule has 8 nitrogen and oxygen atoms in total. The zero-order valence-corrected chi connectivity index (χ0v) is 15.1. The van der Waals surface area contributed by atoms with E-state index in [1.807, 2.05) is 0 Å². The molecule has 0 saturated carbocycles. The van der Waals surface area contributed by atoms with Crippen LogP contribution >= 0.6 is 0 Å². The fraction of sp³-hybridized carbons (Fsp3) is 0.556. The smallest absolute Gasteiger partial charge is 0.319 e. The van der Waals surface area contributed by atoms with Crippen molar-refractivity contribution in [1.29, 1.82) is 0 Å². The van der Waals surface area contributed by atoms with Gasteiger partial charge in [0.2, 0.25) is 0 Å². The largest absolute Gasteiger partial charge is 0.366 e. The van der Waals surface area contributed by atoms with Crippen molar-refractivity contribution in [3.05, 3.63) is 24.3 Å². The van der Waals surface area contributed by atoms with E-state index in [1.54, 1.807) is 24.3 Å². The van der Waals surface area contributed by atoms with E-state index in [-0.39, 0.29) is 18.0 Å². The second-order valence-corrected chi connectivity index (χ2v) is 6.81. The SMILES string of the molecule is CN1CCC(NC(=O)Nc2ccc(NC(=O)[C@H]3CNCCO3)cc2)CC1. The predicted molar refractivity (Wildman–Crippen MR) is 100 cm³/mol. The average molecular weight is 361 g/mol. The summed E-state index contributed by atoms with van der Waals surface area (Å²) >= 11 is 0. The second-order valence-electron chi connectivity index (χ2n) is 6.81. The third kappa shape index (κ3) is 5.42. The van der Waals surface area contributed by atoms with E-state index in [4.69, 9.17) is 4.74 Å². The average Bonchev–Trinajstić information content (AvgIpc) is 2.66. The van der Waals surface area contributed by atoms with E-state index in [0.717, 1.165) is 32.5 Å². The molecule has 3 amide bonds. The Morgan fingerprint density at radius 2 is 1.77 bits per heavy atom. The summed E-state index contributed by atoms with van der Waals surface area (Å²) in [5.41, 5.74) is 1.36. The molecule has 2 heterocycles. The highest BCUT2D eigenvalue weighted by atomic mass is 16.5. The minimum absolute atomic E-state index is 0.169. The van der Waals surface area contributed by atoms with Crippen LogP contribution in [0.5, 0.6) is 0 Å². The summed E-state index contributed by atoms with van der Waals surface area (Å²) in [6.45, 7) is 3.82. The van der Waals surface area contributed by atoms with E-state index >= 15 is 0 Å². The first-order valence-corrected chi connectivity index (χ1v) is 9.09. The highest BCUT2D eigenvalue weighted by molar-refractivity contribution is 5.95. The van der Waals surface area contributed by atoms with Gasteiger partial charge in [0.15, 0.2) is 0 Å². The highest BCUT2D eigenvalue weighted by Crippen LogP contribution is 2.15. The molecular weight excluding hydrogens is 334 g/mol. The normalized spacial score (nSPS) is 21.8. The van der Waals surface area contributed by atoms with Crippen LogP contribution in [0.3, 0.4) is 0 Å². The fourth-order valence-corrected chi connectivity index (χ4v) is 3.10. The Bertz CT molecular complexity index is 608. The fourth-order valence-electron chi connectivity index (χ4n) is 3.10. The Kier molecular flexibility index (Phi) is 6.43. The van der Waals surface area contributed by atoms with Gasteiger partial charge in [0.05, 0.1) is 6.61 Å². The van der Waals surface area contributed by atoms with Crippen molar-refractivity contribution in [3.8, 4) is 0 Å². The molecule has 2 fully saturated rings. The van der Waals surface area contributed by atoms with Crippen LogP contribution in [-0.2, 0) is 9.53 Å². The molecule has 8 heteroatoms. The minimum Gasteiger partial charge on any atom is -0.366 e. The third-order valence-corrected chi connectivity index (χ3v) is 4.68. The first-order valence-electron chi connectivity index (χ1n) is 9.09. The van der Waals surface area contributed by atoms with Crippen LogP contribution in [0.4, 0.5) is 16.2 Å². The molecule has 0 aromatic heterocycles. The van der Waals surface area contributed by atoms with E-state index in [2.05, 4.69) is 33.2 Å². The Balaban J connectivity index is 1.44. The molecule has 0 spiro atoms. The maximum Gasteiger partial charge on any atom is 0.319 e. The summed E-state index contributed by atoms with van der Waals surface area (Å²) in [6.07, 6.45) is 1.46. The summed E-state index contributed by atoms with van der Waals surface area (Å²) in [5, 5.41) is 11.8. The summed E-state index contributed by atoms with van der Waals surface area (Å²) in [5.74, 6) is -0.169. The molecule has 1 atom stereocenters. The molecule has 1 aromatic rings. The Labute approximate surface area is 153 Å². The minimum atomic E-state index is -0.470. The number of piperidine rings is 1. The standard InChI is InChI=1S/C18H27N5O3/c1-23-9-6-15(7-10-23)22-18(25)21-14-4-2-13(3-5-14)20-17(24)16-12-19-8-11-26-16/h2-5,15-16,19H,6-12H2,1H3,(H,20,24)(H2,21,22,25)/t16-/m1/s1. The van der Waals surface area contributed by atoms with Gasteiger partial charge >= 0.3 is 6.03 Å². The summed E-state index contributed by atoms with van der Waals surface area (Å²) in [6, 6.07) is 7.08. The van der Waals surface area contributed by atoms with Gasteiger partial charge in [-0.25, -0.2) is 4.79 Å². The van der Waals surface area contributed by atoms with Gasteiger partial charge in [-0.05, 0) is 57.2 Å². The van der Waals surface area contributed by atoms with Gasteiger partial charge in [0.1, 0.15) is 6.10 Å². The summed E-state index contributed by atoms with van der Waals surface area (Å²) < 4.78 is 5.42. The first kappa shape index (κ1) is 18.6. The third-order valence-electron chi connectivity index (χ3n) is 4.68. The number of rotatable bonds is 4. The molecule has 0 aliphatic carbocycles. The van der Waals surface area contributed by atoms with Crippen LogP contribution in [0.1, 0.15) is 12.8 Å². The monoisotopic (exact) mass is 361 g/mol. The van der Waals surface area contributed by atoms with Gasteiger partial charge < -0.3 is 30.9 Å². The van der Waals surface area contributed by atoms with Gasteiger partial charge in [-0.15, -0.1) is 0 Å². The van der Waals surface area contributed by atoms with E-state index in [9.17, 15) is 9.59 Å². The maximum absolute atomic E-state index is 12.1. The number of hydrogen-bond donors (Lipinski definition) is 4. The lowest BCUT2D eigenvalue weighted by Gasteiger charge is -2.29. The van der Waals surface area contributed by atoms with Crippen molar-refractivity contribution < 1.29 is 14.3 Å². The summed E-state index contributed by atoms with van der Waals surface area (Å²) in [4.78, 5) is 26.5.